The Bertz CT molecular complexity index is 1040. The van der Waals surface area contributed by atoms with Gasteiger partial charge in [0.15, 0.2) is 5.75 Å². The number of carbonyl (C=O) groups is 1. The van der Waals surface area contributed by atoms with Crippen molar-refractivity contribution < 1.29 is 22.8 Å². The lowest BCUT2D eigenvalue weighted by Gasteiger charge is -2.25. The summed E-state index contributed by atoms with van der Waals surface area (Å²) in [4.78, 5) is 17.4. The lowest BCUT2D eigenvalue weighted by Crippen LogP contribution is -2.35. The predicted octanol–water partition coefficient (Wildman–Crippen LogP) is 6.28. The number of carbonyl (C=O) groups excluding carboxylic acids is 1. The Hall–Kier alpha value is -0.970. The van der Waals surface area contributed by atoms with Crippen LogP contribution in [0, 0.1) is 0 Å². The monoisotopic (exact) mass is 532 g/mol. The van der Waals surface area contributed by atoms with Gasteiger partial charge in [-0.1, -0.05) is 62.5 Å². The van der Waals surface area contributed by atoms with Gasteiger partial charge in [0, 0.05) is 12.2 Å². The average Bonchev–Trinajstić information content (AvgIpc) is 2.75. The number of sulfonamides is 1. The molecule has 1 aliphatic rings. The number of nitrogens with zero attached hydrogens (tertiary/aromatic N) is 1. The summed E-state index contributed by atoms with van der Waals surface area (Å²) in [6.07, 6.45) is 0.562. The molecule has 1 amide bonds. The maximum absolute atomic E-state index is 12.6. The van der Waals surface area contributed by atoms with E-state index in [1.807, 2.05) is 0 Å². The van der Waals surface area contributed by atoms with Crippen molar-refractivity contribution in [1.29, 1.82) is 0 Å². The second-order valence-electron chi connectivity index (χ2n) is 6.01. The highest BCUT2D eigenvalue weighted by Crippen LogP contribution is 2.48. The maximum atomic E-state index is 12.6. The third-order valence-corrected chi connectivity index (χ3v) is 7.94. The number of halogens is 5. The van der Waals surface area contributed by atoms with Gasteiger partial charge in [-0.05, 0) is 37.1 Å². The average molecular weight is 535 g/mol. The van der Waals surface area contributed by atoms with E-state index in [-0.39, 0.29) is 48.0 Å². The molecule has 7 nitrogen and oxygen atoms in total. The summed E-state index contributed by atoms with van der Waals surface area (Å²) in [5.41, 5.74) is 0.261. The quantitative estimate of drug-likeness (QED) is 0.369. The van der Waals surface area contributed by atoms with E-state index in [1.165, 1.54) is 24.3 Å². The van der Waals surface area contributed by atoms with Crippen molar-refractivity contribution >= 4 is 79.8 Å². The zero-order chi connectivity index (χ0) is 22.1. The summed E-state index contributed by atoms with van der Waals surface area (Å²) in [6, 6.07) is 5.45. The second kappa shape index (κ2) is 9.67. The van der Waals surface area contributed by atoms with Crippen molar-refractivity contribution in [2.75, 3.05) is 18.5 Å². The normalized spacial score (nSPS) is 15.1. The Morgan fingerprint density at radius 2 is 1.50 bits per heavy atom. The van der Waals surface area contributed by atoms with Gasteiger partial charge in [-0.2, -0.15) is 0 Å². The minimum absolute atomic E-state index is 0.0191. The standard InChI is InChI=1S/C17H13Cl5N2O5S/c18-11-12(19)14(21)16(15(22)13(11)20)29-17(25)23-9-3-5-10(6-4-9)30(26,27)24-7-1-2-8-28-24/h3-6H,1-2,7-8H2,(H,23,25). The number of nitrogens with one attached hydrogen (secondary N) is 1. The van der Waals surface area contributed by atoms with Crippen LogP contribution in [0.25, 0.3) is 0 Å². The van der Waals surface area contributed by atoms with E-state index in [9.17, 15) is 13.2 Å². The first-order valence-electron chi connectivity index (χ1n) is 8.39. The number of hydroxylamine groups is 1. The van der Waals surface area contributed by atoms with Gasteiger partial charge >= 0.3 is 6.09 Å². The molecule has 1 saturated heterocycles. The van der Waals surface area contributed by atoms with E-state index in [0.717, 1.165) is 10.9 Å². The van der Waals surface area contributed by atoms with Crippen LogP contribution in [0.15, 0.2) is 29.2 Å². The van der Waals surface area contributed by atoms with Crippen molar-refractivity contribution in [3.8, 4) is 5.75 Å². The molecule has 162 valence electrons. The van der Waals surface area contributed by atoms with Gasteiger partial charge in [-0.3, -0.25) is 10.2 Å². The summed E-state index contributed by atoms with van der Waals surface area (Å²) >= 11 is 29.8. The molecule has 13 heteroatoms. The van der Waals surface area contributed by atoms with E-state index in [0.29, 0.717) is 13.0 Å². The first kappa shape index (κ1) is 23.7. The van der Waals surface area contributed by atoms with E-state index >= 15 is 0 Å². The van der Waals surface area contributed by atoms with Crippen LogP contribution in [-0.4, -0.2) is 32.1 Å². The molecule has 0 aromatic heterocycles. The first-order valence-corrected chi connectivity index (χ1v) is 11.7. The molecular formula is C17H13Cl5N2O5S. The molecule has 0 radical (unpaired) electrons. The predicted molar refractivity (Wildman–Crippen MR) is 117 cm³/mol. The fourth-order valence-corrected chi connectivity index (χ4v) is 5.00. The molecule has 1 aliphatic heterocycles. The van der Waals surface area contributed by atoms with Gasteiger partial charge in [0.1, 0.15) is 10.0 Å². The van der Waals surface area contributed by atoms with Crippen LogP contribution in [0.1, 0.15) is 12.8 Å². The summed E-state index contributed by atoms with van der Waals surface area (Å²) in [5.74, 6) is -0.267. The Kier molecular flexibility index (Phi) is 7.63. The highest BCUT2D eigenvalue weighted by Gasteiger charge is 2.27. The Morgan fingerprint density at radius 3 is 2.03 bits per heavy atom. The van der Waals surface area contributed by atoms with Gasteiger partial charge in [0.05, 0.1) is 26.6 Å². The van der Waals surface area contributed by atoms with Gasteiger partial charge in [0.25, 0.3) is 10.0 Å². The molecule has 30 heavy (non-hydrogen) atoms. The topological polar surface area (TPSA) is 84.9 Å². The van der Waals surface area contributed by atoms with Gasteiger partial charge in [-0.25, -0.2) is 13.2 Å². The Balaban J connectivity index is 1.73. The van der Waals surface area contributed by atoms with Crippen LogP contribution < -0.4 is 10.1 Å². The molecule has 0 atom stereocenters. The van der Waals surface area contributed by atoms with Gasteiger partial charge in [0.2, 0.25) is 0 Å². The number of hydrogen-bond acceptors (Lipinski definition) is 5. The van der Waals surface area contributed by atoms with Crippen molar-refractivity contribution in [3.63, 3.8) is 0 Å². The van der Waals surface area contributed by atoms with Crippen LogP contribution in [-0.2, 0) is 14.9 Å². The summed E-state index contributed by atoms with van der Waals surface area (Å²) in [5, 5.41) is 1.73. The molecular weight excluding hydrogens is 522 g/mol. The van der Waals surface area contributed by atoms with E-state index in [4.69, 9.17) is 67.6 Å². The number of benzene rings is 2. The molecule has 2 aromatic rings. The van der Waals surface area contributed by atoms with Crippen molar-refractivity contribution in [3.05, 3.63) is 49.4 Å². The number of rotatable bonds is 4. The van der Waals surface area contributed by atoms with E-state index < -0.39 is 16.1 Å². The van der Waals surface area contributed by atoms with Crippen molar-refractivity contribution in [1.82, 2.24) is 4.47 Å². The number of hydrogen-bond donors (Lipinski definition) is 1. The number of amides is 1. The zero-order valence-electron chi connectivity index (χ0n) is 14.9. The van der Waals surface area contributed by atoms with Crippen LogP contribution >= 0.6 is 58.0 Å². The molecule has 2 aromatic carbocycles. The van der Waals surface area contributed by atoms with Crippen molar-refractivity contribution in [2.24, 2.45) is 0 Å². The van der Waals surface area contributed by atoms with Gasteiger partial charge < -0.3 is 4.74 Å². The number of anilines is 1. The van der Waals surface area contributed by atoms with Crippen molar-refractivity contribution in [2.45, 2.75) is 17.7 Å². The van der Waals surface area contributed by atoms with Crippen LogP contribution in [0.4, 0.5) is 10.5 Å². The van der Waals surface area contributed by atoms with Crippen LogP contribution in [0.3, 0.4) is 0 Å². The Labute approximate surface area is 197 Å². The highest BCUT2D eigenvalue weighted by atomic mass is 35.5. The molecule has 0 saturated carbocycles. The molecule has 1 fully saturated rings. The SMILES string of the molecule is O=C(Nc1ccc(S(=O)(=O)N2CCCCO2)cc1)Oc1c(Cl)c(Cl)c(Cl)c(Cl)c1Cl. The smallest absolute Gasteiger partial charge is 0.407 e. The molecule has 1 N–H and O–H groups in total. The minimum Gasteiger partial charge on any atom is -0.407 e. The van der Waals surface area contributed by atoms with Crippen LogP contribution in [0.5, 0.6) is 5.75 Å². The molecule has 1 heterocycles. The third-order valence-electron chi connectivity index (χ3n) is 4.00. The van der Waals surface area contributed by atoms with E-state index in [1.54, 1.807) is 0 Å². The number of ether oxygens (including phenoxy) is 1. The molecule has 0 unspecified atom stereocenters. The lowest BCUT2D eigenvalue weighted by molar-refractivity contribution is -0.108. The Morgan fingerprint density at radius 1 is 0.933 bits per heavy atom. The molecule has 0 aliphatic carbocycles. The third kappa shape index (κ3) is 4.92. The molecule has 0 spiro atoms. The lowest BCUT2D eigenvalue weighted by atomic mass is 10.3. The minimum atomic E-state index is -3.79. The summed E-state index contributed by atoms with van der Waals surface area (Å²) in [6.45, 7) is 0.622. The first-order chi connectivity index (χ1) is 14.1. The molecule has 0 bridgehead atoms. The van der Waals surface area contributed by atoms with Gasteiger partial charge in [-0.15, -0.1) is 0 Å². The summed E-state index contributed by atoms with van der Waals surface area (Å²) < 4.78 is 31.2. The molecule has 3 rings (SSSR count). The largest absolute Gasteiger partial charge is 0.417 e. The van der Waals surface area contributed by atoms with E-state index in [2.05, 4.69) is 5.32 Å². The fraction of sp³-hybridized carbons (Fsp3) is 0.235. The summed E-state index contributed by atoms with van der Waals surface area (Å²) in [7, 11) is -3.79. The highest BCUT2D eigenvalue weighted by molar-refractivity contribution is 7.89. The van der Waals surface area contributed by atoms with Crippen LogP contribution in [0.2, 0.25) is 25.1 Å². The fourth-order valence-electron chi connectivity index (χ4n) is 2.50. The second-order valence-corrected chi connectivity index (χ2v) is 9.73. The zero-order valence-corrected chi connectivity index (χ0v) is 19.5. The maximum Gasteiger partial charge on any atom is 0.417 e.